The molecule has 21 heavy (non-hydrogen) atoms. The van der Waals surface area contributed by atoms with Gasteiger partial charge in [-0.15, -0.1) is 0 Å². The van der Waals surface area contributed by atoms with Crippen molar-refractivity contribution in [3.63, 3.8) is 0 Å². The lowest BCUT2D eigenvalue weighted by atomic mass is 10.2. The van der Waals surface area contributed by atoms with Gasteiger partial charge >= 0.3 is 0 Å². The van der Waals surface area contributed by atoms with E-state index in [-0.39, 0.29) is 12.5 Å². The number of carbonyl (C=O) groups is 1. The Morgan fingerprint density at radius 1 is 1.33 bits per heavy atom. The minimum absolute atomic E-state index is 0.0742. The first-order valence-corrected chi connectivity index (χ1v) is 7.73. The lowest BCUT2D eigenvalue weighted by Crippen LogP contribution is -2.21. The summed E-state index contributed by atoms with van der Waals surface area (Å²) in [6.45, 7) is 3.70. The van der Waals surface area contributed by atoms with Crippen molar-refractivity contribution in [3.05, 3.63) is 50.2 Å². The Balaban J connectivity index is 1.94. The van der Waals surface area contributed by atoms with Crippen LogP contribution < -0.4 is 10.1 Å². The minimum Gasteiger partial charge on any atom is -0.483 e. The van der Waals surface area contributed by atoms with Gasteiger partial charge in [0.05, 0.1) is 5.69 Å². The van der Waals surface area contributed by atoms with E-state index in [1.165, 1.54) is 0 Å². The van der Waals surface area contributed by atoms with Crippen LogP contribution in [-0.2, 0) is 4.79 Å². The molecule has 0 spiro atoms. The Labute approximate surface area is 142 Å². The second-order valence-electron chi connectivity index (χ2n) is 4.51. The van der Waals surface area contributed by atoms with Gasteiger partial charge in [-0.25, -0.2) is 4.98 Å². The highest BCUT2D eigenvalue weighted by atomic mass is 127. The molecule has 2 aromatic rings. The molecule has 0 saturated carbocycles. The normalized spacial score (nSPS) is 10.3. The molecule has 4 nitrogen and oxygen atoms in total. The molecule has 2 rings (SSSR count). The van der Waals surface area contributed by atoms with Gasteiger partial charge in [0, 0.05) is 8.59 Å². The van der Waals surface area contributed by atoms with Gasteiger partial charge in [0.15, 0.2) is 6.61 Å². The maximum atomic E-state index is 11.9. The fourth-order valence-electron chi connectivity index (χ4n) is 1.71. The number of rotatable bonds is 4. The summed E-state index contributed by atoms with van der Waals surface area (Å²) in [6.07, 6.45) is 0. The molecule has 0 radical (unpaired) electrons. The standard InChI is InChI=1S/C15H14ClIN2O2/c1-9-7-11(16)3-5-13(9)21-8-15(20)19-14-6-4-12(17)10(2)18-14/h3-7H,8H2,1-2H3,(H,18,19,20). The van der Waals surface area contributed by atoms with Crippen molar-refractivity contribution in [3.8, 4) is 5.75 Å². The average molecular weight is 417 g/mol. The van der Waals surface area contributed by atoms with Crippen molar-refractivity contribution >= 4 is 45.9 Å². The van der Waals surface area contributed by atoms with E-state index in [1.54, 1.807) is 24.3 Å². The van der Waals surface area contributed by atoms with E-state index < -0.39 is 0 Å². The number of ether oxygens (including phenoxy) is 1. The molecule has 0 aliphatic rings. The number of aromatic nitrogens is 1. The second-order valence-corrected chi connectivity index (χ2v) is 6.11. The summed E-state index contributed by atoms with van der Waals surface area (Å²) in [7, 11) is 0. The fourth-order valence-corrected chi connectivity index (χ4v) is 2.24. The minimum atomic E-state index is -0.252. The molecule has 1 amide bonds. The van der Waals surface area contributed by atoms with E-state index in [4.69, 9.17) is 16.3 Å². The molecule has 1 aromatic carbocycles. The second kappa shape index (κ2) is 7.09. The number of nitrogens with one attached hydrogen (secondary N) is 1. The van der Waals surface area contributed by atoms with E-state index >= 15 is 0 Å². The topological polar surface area (TPSA) is 51.2 Å². The highest BCUT2D eigenvalue weighted by Crippen LogP contribution is 2.21. The van der Waals surface area contributed by atoms with Crippen LogP contribution in [0.1, 0.15) is 11.3 Å². The third kappa shape index (κ3) is 4.57. The number of aryl methyl sites for hydroxylation is 2. The van der Waals surface area contributed by atoms with Crippen LogP contribution in [0, 0.1) is 17.4 Å². The molecule has 6 heteroatoms. The summed E-state index contributed by atoms with van der Waals surface area (Å²) >= 11 is 8.07. The van der Waals surface area contributed by atoms with Gasteiger partial charge in [0.1, 0.15) is 11.6 Å². The quantitative estimate of drug-likeness (QED) is 0.767. The summed E-state index contributed by atoms with van der Waals surface area (Å²) in [4.78, 5) is 16.1. The number of carbonyl (C=O) groups excluding carboxylic acids is 1. The maximum absolute atomic E-state index is 11.9. The number of benzene rings is 1. The largest absolute Gasteiger partial charge is 0.483 e. The molecule has 0 saturated heterocycles. The number of anilines is 1. The van der Waals surface area contributed by atoms with Gasteiger partial charge < -0.3 is 10.1 Å². The Hall–Kier alpha value is -1.34. The molecule has 1 aromatic heterocycles. The zero-order valence-corrected chi connectivity index (χ0v) is 14.5. The monoisotopic (exact) mass is 416 g/mol. The summed E-state index contributed by atoms with van der Waals surface area (Å²) < 4.78 is 6.53. The molecule has 0 unspecified atom stereocenters. The van der Waals surface area contributed by atoms with Gasteiger partial charge in [0.2, 0.25) is 0 Å². The first-order chi connectivity index (χ1) is 9.95. The summed E-state index contributed by atoms with van der Waals surface area (Å²) in [5, 5.41) is 3.35. The van der Waals surface area contributed by atoms with E-state index in [1.807, 2.05) is 19.9 Å². The number of pyridine rings is 1. The fraction of sp³-hybridized carbons (Fsp3) is 0.200. The van der Waals surface area contributed by atoms with Crippen molar-refractivity contribution in [2.45, 2.75) is 13.8 Å². The van der Waals surface area contributed by atoms with Gasteiger partial charge in [-0.2, -0.15) is 0 Å². The van der Waals surface area contributed by atoms with Crippen molar-refractivity contribution < 1.29 is 9.53 Å². The van der Waals surface area contributed by atoms with Crippen molar-refractivity contribution in [1.29, 1.82) is 0 Å². The van der Waals surface area contributed by atoms with Crippen LogP contribution in [-0.4, -0.2) is 17.5 Å². The van der Waals surface area contributed by atoms with Gasteiger partial charge in [-0.05, 0) is 72.3 Å². The average Bonchev–Trinajstić information content (AvgIpc) is 2.42. The number of hydrogen-bond donors (Lipinski definition) is 1. The van der Waals surface area contributed by atoms with Crippen LogP contribution in [0.2, 0.25) is 5.02 Å². The Kier molecular flexibility index (Phi) is 5.41. The highest BCUT2D eigenvalue weighted by Gasteiger charge is 2.07. The van der Waals surface area contributed by atoms with Crippen LogP contribution in [0.3, 0.4) is 0 Å². The van der Waals surface area contributed by atoms with E-state index in [9.17, 15) is 4.79 Å². The van der Waals surface area contributed by atoms with Crippen molar-refractivity contribution in [2.75, 3.05) is 11.9 Å². The van der Waals surface area contributed by atoms with Gasteiger partial charge in [-0.3, -0.25) is 4.79 Å². The lowest BCUT2D eigenvalue weighted by molar-refractivity contribution is -0.118. The van der Waals surface area contributed by atoms with Crippen molar-refractivity contribution in [2.24, 2.45) is 0 Å². The van der Waals surface area contributed by atoms with Crippen molar-refractivity contribution in [1.82, 2.24) is 4.98 Å². The Morgan fingerprint density at radius 2 is 2.10 bits per heavy atom. The summed E-state index contributed by atoms with van der Waals surface area (Å²) in [5.41, 5.74) is 1.77. The van der Waals surface area contributed by atoms with E-state index in [2.05, 4.69) is 32.9 Å². The lowest BCUT2D eigenvalue weighted by Gasteiger charge is -2.10. The van der Waals surface area contributed by atoms with Crippen LogP contribution in [0.5, 0.6) is 5.75 Å². The van der Waals surface area contributed by atoms with Crippen LogP contribution in [0.25, 0.3) is 0 Å². The number of hydrogen-bond acceptors (Lipinski definition) is 3. The van der Waals surface area contributed by atoms with Crippen LogP contribution >= 0.6 is 34.2 Å². The Bertz CT molecular complexity index is 677. The Morgan fingerprint density at radius 3 is 2.76 bits per heavy atom. The predicted octanol–water partition coefficient (Wildman–Crippen LogP) is 3.97. The highest BCUT2D eigenvalue weighted by molar-refractivity contribution is 14.1. The molecule has 0 bridgehead atoms. The molecule has 1 N–H and O–H groups in total. The van der Waals surface area contributed by atoms with E-state index in [0.29, 0.717) is 16.6 Å². The van der Waals surface area contributed by atoms with Gasteiger partial charge in [0.25, 0.3) is 5.91 Å². The maximum Gasteiger partial charge on any atom is 0.263 e. The predicted molar refractivity (Wildman–Crippen MR) is 92.0 cm³/mol. The SMILES string of the molecule is Cc1cc(Cl)ccc1OCC(=O)Nc1ccc(I)c(C)n1. The molecule has 1 heterocycles. The third-order valence-corrected chi connectivity index (χ3v) is 4.16. The third-order valence-electron chi connectivity index (χ3n) is 2.78. The number of halogens is 2. The summed E-state index contributed by atoms with van der Waals surface area (Å²) in [5.74, 6) is 0.910. The van der Waals surface area contributed by atoms with E-state index in [0.717, 1.165) is 14.8 Å². The van der Waals surface area contributed by atoms with Crippen LogP contribution in [0.4, 0.5) is 5.82 Å². The summed E-state index contributed by atoms with van der Waals surface area (Å²) in [6, 6.07) is 8.94. The smallest absolute Gasteiger partial charge is 0.263 e. The van der Waals surface area contributed by atoms with Gasteiger partial charge in [-0.1, -0.05) is 11.6 Å². The zero-order valence-electron chi connectivity index (χ0n) is 11.6. The molecular weight excluding hydrogens is 403 g/mol. The molecule has 0 aliphatic heterocycles. The first kappa shape index (κ1) is 16.0. The molecular formula is C15H14ClIN2O2. The van der Waals surface area contributed by atoms with Crippen LogP contribution in [0.15, 0.2) is 30.3 Å². The number of nitrogens with zero attached hydrogens (tertiary/aromatic N) is 1. The number of amides is 1. The molecule has 0 aliphatic carbocycles. The first-order valence-electron chi connectivity index (χ1n) is 6.27. The molecule has 0 fully saturated rings. The molecule has 0 atom stereocenters. The zero-order chi connectivity index (χ0) is 15.4. The molecule has 110 valence electrons.